The molecular formula is C16H25BrN2O. The number of nitrogens with one attached hydrogen (secondary N) is 1. The molecule has 4 heteroatoms. The van der Waals surface area contributed by atoms with Crippen molar-refractivity contribution in [2.24, 2.45) is 0 Å². The molecule has 0 amide bonds. The van der Waals surface area contributed by atoms with Gasteiger partial charge in [-0.1, -0.05) is 22.9 Å². The van der Waals surface area contributed by atoms with Crippen molar-refractivity contribution in [2.75, 3.05) is 32.8 Å². The SMILES string of the molecule is CCOc1ccc(Br)cc1C(CC)N1CCCNCC1. The summed E-state index contributed by atoms with van der Waals surface area (Å²) in [5, 5.41) is 3.48. The van der Waals surface area contributed by atoms with Crippen LogP contribution in [0.1, 0.15) is 38.3 Å². The Kier molecular flexibility index (Phi) is 6.33. The minimum absolute atomic E-state index is 0.439. The molecule has 112 valence electrons. The summed E-state index contributed by atoms with van der Waals surface area (Å²) >= 11 is 3.60. The van der Waals surface area contributed by atoms with E-state index in [-0.39, 0.29) is 0 Å². The molecule has 1 atom stereocenters. The van der Waals surface area contributed by atoms with Crippen molar-refractivity contribution < 1.29 is 4.74 Å². The van der Waals surface area contributed by atoms with Crippen LogP contribution in [0.5, 0.6) is 5.75 Å². The summed E-state index contributed by atoms with van der Waals surface area (Å²) in [6.45, 7) is 9.49. The van der Waals surface area contributed by atoms with Crippen LogP contribution in [0, 0.1) is 0 Å². The van der Waals surface area contributed by atoms with Gasteiger partial charge in [-0.2, -0.15) is 0 Å². The molecule has 20 heavy (non-hydrogen) atoms. The summed E-state index contributed by atoms with van der Waals surface area (Å²) in [6, 6.07) is 6.80. The Hall–Kier alpha value is -0.580. The van der Waals surface area contributed by atoms with Crippen LogP contribution in [0.25, 0.3) is 0 Å². The first kappa shape index (κ1) is 15.8. The van der Waals surface area contributed by atoms with Gasteiger partial charge in [0.2, 0.25) is 0 Å². The quantitative estimate of drug-likeness (QED) is 0.886. The lowest BCUT2D eigenvalue weighted by atomic mass is 10.0. The van der Waals surface area contributed by atoms with Crippen molar-refractivity contribution in [3.05, 3.63) is 28.2 Å². The number of rotatable bonds is 5. The zero-order valence-electron chi connectivity index (χ0n) is 12.5. The lowest BCUT2D eigenvalue weighted by molar-refractivity contribution is 0.199. The number of halogens is 1. The van der Waals surface area contributed by atoms with Crippen LogP contribution in [0.4, 0.5) is 0 Å². The fourth-order valence-corrected chi connectivity index (χ4v) is 3.30. The van der Waals surface area contributed by atoms with Gasteiger partial charge in [0.25, 0.3) is 0 Å². The fourth-order valence-electron chi connectivity index (χ4n) is 2.92. The Morgan fingerprint density at radius 1 is 1.30 bits per heavy atom. The van der Waals surface area contributed by atoms with E-state index in [9.17, 15) is 0 Å². The number of ether oxygens (including phenoxy) is 1. The average Bonchev–Trinajstić information content (AvgIpc) is 2.72. The Bertz CT molecular complexity index is 417. The smallest absolute Gasteiger partial charge is 0.124 e. The van der Waals surface area contributed by atoms with E-state index in [2.05, 4.69) is 51.3 Å². The van der Waals surface area contributed by atoms with E-state index < -0.39 is 0 Å². The Morgan fingerprint density at radius 3 is 2.90 bits per heavy atom. The third kappa shape index (κ3) is 3.96. The van der Waals surface area contributed by atoms with E-state index >= 15 is 0 Å². The van der Waals surface area contributed by atoms with Gasteiger partial charge in [0.05, 0.1) is 6.61 Å². The van der Waals surface area contributed by atoms with Gasteiger partial charge in [-0.05, 0) is 44.5 Å². The van der Waals surface area contributed by atoms with E-state index in [0.717, 1.165) is 42.8 Å². The molecule has 0 radical (unpaired) electrons. The van der Waals surface area contributed by atoms with E-state index in [1.807, 2.05) is 6.92 Å². The number of nitrogens with zero attached hydrogens (tertiary/aromatic N) is 1. The standard InChI is InChI=1S/C16H25BrN2O/c1-3-15(19-10-5-8-18-9-11-19)14-12-13(17)6-7-16(14)20-4-2/h6-7,12,15,18H,3-5,8-11H2,1-2H3. The molecule has 1 aliphatic rings. The number of benzene rings is 1. The van der Waals surface area contributed by atoms with Gasteiger partial charge in [-0.25, -0.2) is 0 Å². The fraction of sp³-hybridized carbons (Fsp3) is 0.625. The van der Waals surface area contributed by atoms with Gasteiger partial charge >= 0.3 is 0 Å². The zero-order chi connectivity index (χ0) is 14.4. The molecule has 1 aromatic rings. The highest BCUT2D eigenvalue weighted by Gasteiger charge is 2.23. The van der Waals surface area contributed by atoms with Crippen molar-refractivity contribution in [3.63, 3.8) is 0 Å². The zero-order valence-corrected chi connectivity index (χ0v) is 14.1. The number of hydrogen-bond donors (Lipinski definition) is 1. The molecule has 3 nitrogen and oxygen atoms in total. The van der Waals surface area contributed by atoms with Gasteiger partial charge in [-0.3, -0.25) is 4.90 Å². The minimum atomic E-state index is 0.439. The Morgan fingerprint density at radius 2 is 2.15 bits per heavy atom. The summed E-state index contributed by atoms with van der Waals surface area (Å²) in [5.41, 5.74) is 1.31. The summed E-state index contributed by atoms with van der Waals surface area (Å²) < 4.78 is 6.96. The minimum Gasteiger partial charge on any atom is -0.494 e. The third-order valence-electron chi connectivity index (χ3n) is 3.83. The summed E-state index contributed by atoms with van der Waals surface area (Å²) in [7, 11) is 0. The van der Waals surface area contributed by atoms with E-state index in [0.29, 0.717) is 12.6 Å². The summed E-state index contributed by atoms with van der Waals surface area (Å²) in [5.74, 6) is 1.03. The van der Waals surface area contributed by atoms with Crippen molar-refractivity contribution in [3.8, 4) is 5.75 Å². The Balaban J connectivity index is 2.26. The van der Waals surface area contributed by atoms with Crippen LogP contribution in [0.15, 0.2) is 22.7 Å². The predicted octanol–water partition coefficient (Wildman–Crippen LogP) is 3.59. The molecule has 1 heterocycles. The molecule has 1 aromatic carbocycles. The molecule has 1 saturated heterocycles. The highest BCUT2D eigenvalue weighted by atomic mass is 79.9. The van der Waals surface area contributed by atoms with Crippen molar-refractivity contribution >= 4 is 15.9 Å². The first-order chi connectivity index (χ1) is 9.76. The average molecular weight is 341 g/mol. The molecule has 1 N–H and O–H groups in total. The second-order valence-electron chi connectivity index (χ2n) is 5.18. The highest BCUT2D eigenvalue weighted by Crippen LogP contribution is 2.34. The molecule has 0 spiro atoms. The maximum absolute atomic E-state index is 5.83. The summed E-state index contributed by atoms with van der Waals surface area (Å²) in [4.78, 5) is 2.59. The predicted molar refractivity (Wildman–Crippen MR) is 87.4 cm³/mol. The first-order valence-corrected chi connectivity index (χ1v) is 8.42. The van der Waals surface area contributed by atoms with Crippen molar-refractivity contribution in [2.45, 2.75) is 32.7 Å². The topological polar surface area (TPSA) is 24.5 Å². The van der Waals surface area contributed by atoms with Crippen LogP contribution in [0.3, 0.4) is 0 Å². The van der Waals surface area contributed by atoms with Gasteiger partial charge in [0.15, 0.2) is 0 Å². The normalized spacial score (nSPS) is 18.6. The lowest BCUT2D eigenvalue weighted by Gasteiger charge is -2.31. The Labute approximate surface area is 130 Å². The second-order valence-corrected chi connectivity index (χ2v) is 6.09. The molecule has 1 fully saturated rings. The van der Waals surface area contributed by atoms with Gasteiger partial charge < -0.3 is 10.1 Å². The van der Waals surface area contributed by atoms with Gasteiger partial charge in [0.1, 0.15) is 5.75 Å². The molecule has 0 saturated carbocycles. The van der Waals surface area contributed by atoms with Gasteiger partial charge in [-0.15, -0.1) is 0 Å². The monoisotopic (exact) mass is 340 g/mol. The second kappa shape index (κ2) is 8.01. The van der Waals surface area contributed by atoms with Crippen molar-refractivity contribution in [1.29, 1.82) is 0 Å². The molecule has 0 bridgehead atoms. The lowest BCUT2D eigenvalue weighted by Crippen LogP contribution is -2.32. The molecule has 0 aliphatic carbocycles. The van der Waals surface area contributed by atoms with Crippen molar-refractivity contribution in [1.82, 2.24) is 10.2 Å². The maximum Gasteiger partial charge on any atom is 0.124 e. The van der Waals surface area contributed by atoms with Crippen LogP contribution < -0.4 is 10.1 Å². The highest BCUT2D eigenvalue weighted by molar-refractivity contribution is 9.10. The maximum atomic E-state index is 5.83. The van der Waals surface area contributed by atoms with E-state index in [1.165, 1.54) is 12.0 Å². The molecular weight excluding hydrogens is 316 g/mol. The molecule has 0 aromatic heterocycles. The van der Waals surface area contributed by atoms with Crippen LogP contribution in [0.2, 0.25) is 0 Å². The van der Waals surface area contributed by atoms with E-state index in [4.69, 9.17) is 4.74 Å². The van der Waals surface area contributed by atoms with Gasteiger partial charge in [0, 0.05) is 35.7 Å². The third-order valence-corrected chi connectivity index (χ3v) is 4.33. The van der Waals surface area contributed by atoms with Crippen LogP contribution in [-0.4, -0.2) is 37.7 Å². The molecule has 2 rings (SSSR count). The van der Waals surface area contributed by atoms with Crippen LogP contribution in [-0.2, 0) is 0 Å². The largest absolute Gasteiger partial charge is 0.494 e. The number of hydrogen-bond acceptors (Lipinski definition) is 3. The first-order valence-electron chi connectivity index (χ1n) is 7.63. The molecule has 1 aliphatic heterocycles. The molecule has 1 unspecified atom stereocenters. The van der Waals surface area contributed by atoms with E-state index in [1.54, 1.807) is 0 Å². The van der Waals surface area contributed by atoms with Crippen LogP contribution >= 0.6 is 15.9 Å². The summed E-state index contributed by atoms with van der Waals surface area (Å²) in [6.07, 6.45) is 2.32.